The summed E-state index contributed by atoms with van der Waals surface area (Å²) in [5.41, 5.74) is 6.84. The molecule has 4 aliphatic rings. The van der Waals surface area contributed by atoms with Crippen LogP contribution in [0.5, 0.6) is 11.5 Å². The van der Waals surface area contributed by atoms with Crippen molar-refractivity contribution >= 4 is 41.1 Å². The molecule has 4 aromatic carbocycles. The third kappa shape index (κ3) is 4.90. The number of carbonyl (C=O) groups is 4. The molecule has 2 saturated heterocycles. The topological polar surface area (TPSA) is 116 Å². The second kappa shape index (κ2) is 12.7. The quantitative estimate of drug-likeness (QED) is 0.152. The van der Waals surface area contributed by atoms with Crippen molar-refractivity contribution in [2.45, 2.75) is 38.0 Å². The van der Waals surface area contributed by atoms with E-state index in [9.17, 15) is 19.5 Å². The molecule has 52 heavy (non-hydrogen) atoms. The molecular weight excluding hydrogens is 654 g/mol. The number of aromatic hydroxyl groups is 1. The van der Waals surface area contributed by atoms with Crippen LogP contribution >= 0.6 is 0 Å². The van der Waals surface area contributed by atoms with Crippen LogP contribution in [-0.4, -0.2) is 40.4 Å². The van der Waals surface area contributed by atoms with E-state index in [2.05, 4.69) is 12.0 Å². The van der Waals surface area contributed by atoms with Crippen molar-refractivity contribution in [1.29, 1.82) is 0 Å². The van der Waals surface area contributed by atoms with Gasteiger partial charge in [0.1, 0.15) is 0 Å². The van der Waals surface area contributed by atoms with E-state index in [-0.39, 0.29) is 29.7 Å². The molecule has 0 bridgehead atoms. The maximum atomic E-state index is 15.3. The molecule has 2 N–H and O–H groups in total. The van der Waals surface area contributed by atoms with Gasteiger partial charge in [-0.15, -0.1) is 0 Å². The predicted molar refractivity (Wildman–Crippen MR) is 197 cm³/mol. The van der Waals surface area contributed by atoms with Crippen molar-refractivity contribution in [3.63, 3.8) is 0 Å². The molecule has 0 aromatic heterocycles. The number of nitrogens with one attached hydrogen (secondary N) is 1. The lowest BCUT2D eigenvalue weighted by molar-refractivity contribution is -0.138. The Labute approximate surface area is 302 Å². The van der Waals surface area contributed by atoms with Crippen LogP contribution in [0.2, 0.25) is 0 Å². The van der Waals surface area contributed by atoms with E-state index in [4.69, 9.17) is 4.74 Å². The number of allylic oxidation sites excluding steroid dienone is 2. The first-order valence-corrected chi connectivity index (χ1v) is 17.7. The van der Waals surface area contributed by atoms with E-state index >= 15 is 4.79 Å². The second-order valence-corrected chi connectivity index (χ2v) is 14.1. The van der Waals surface area contributed by atoms with Crippen LogP contribution in [0.25, 0.3) is 6.08 Å². The summed E-state index contributed by atoms with van der Waals surface area (Å²) < 4.78 is 5.84. The molecule has 9 nitrogen and oxygen atoms in total. The molecule has 6 atom stereocenters. The summed E-state index contributed by atoms with van der Waals surface area (Å²) in [6.45, 7) is 7.89. The molecular formula is C43H39N3O6. The average molecular weight is 694 g/mol. The van der Waals surface area contributed by atoms with Gasteiger partial charge in [0.15, 0.2) is 11.5 Å². The van der Waals surface area contributed by atoms with Gasteiger partial charge >= 0.3 is 0 Å². The number of anilines is 2. The van der Waals surface area contributed by atoms with Gasteiger partial charge in [-0.3, -0.25) is 29.5 Å². The number of nitrogens with zero attached hydrogens (tertiary/aromatic N) is 2. The molecule has 4 aromatic rings. The normalized spacial score (nSPS) is 26.4. The number of hydrogen-bond donors (Lipinski definition) is 2. The van der Waals surface area contributed by atoms with Gasteiger partial charge in [-0.05, 0) is 85.7 Å². The van der Waals surface area contributed by atoms with Crippen molar-refractivity contribution < 1.29 is 29.0 Å². The van der Waals surface area contributed by atoms with Gasteiger partial charge in [-0.25, -0.2) is 0 Å². The van der Waals surface area contributed by atoms with Crippen LogP contribution < -0.4 is 15.1 Å². The first kappa shape index (κ1) is 33.2. The Balaban J connectivity index is 1.31. The largest absolute Gasteiger partial charge is 0.504 e. The summed E-state index contributed by atoms with van der Waals surface area (Å²) in [5, 5.41) is 11.9. The molecule has 8 rings (SSSR count). The molecule has 2 aliphatic carbocycles. The number of aryl methyl sites for hydroxylation is 1. The van der Waals surface area contributed by atoms with Crippen LogP contribution in [-0.2, 0) is 24.6 Å². The van der Waals surface area contributed by atoms with E-state index in [1.165, 1.54) is 4.90 Å². The van der Waals surface area contributed by atoms with Gasteiger partial charge in [-0.2, -0.15) is 5.01 Å². The fourth-order valence-electron chi connectivity index (χ4n) is 9.12. The molecule has 2 heterocycles. The van der Waals surface area contributed by atoms with Crippen LogP contribution in [0.4, 0.5) is 11.4 Å². The zero-order chi connectivity index (χ0) is 36.3. The summed E-state index contributed by atoms with van der Waals surface area (Å²) in [5.74, 6) is -4.67. The number of imide groups is 2. The highest BCUT2D eigenvalue weighted by molar-refractivity contribution is 6.22. The summed E-state index contributed by atoms with van der Waals surface area (Å²) in [4.78, 5) is 60.0. The van der Waals surface area contributed by atoms with Crippen LogP contribution in [0.3, 0.4) is 0 Å². The number of rotatable bonds is 8. The third-order valence-electron chi connectivity index (χ3n) is 11.4. The number of amides is 4. The lowest BCUT2D eigenvalue weighted by atomic mass is 9.49. The summed E-state index contributed by atoms with van der Waals surface area (Å²) in [7, 11) is 0. The van der Waals surface area contributed by atoms with Gasteiger partial charge in [-0.1, -0.05) is 90.5 Å². The molecule has 1 saturated carbocycles. The molecule has 6 unspecified atom stereocenters. The number of ether oxygens (including phenoxy) is 1. The Kier molecular flexibility index (Phi) is 8.09. The van der Waals surface area contributed by atoms with E-state index in [1.807, 2.05) is 86.7 Å². The number of phenols is 1. The number of carbonyl (C=O) groups excluding carboxylic acids is 4. The highest BCUT2D eigenvalue weighted by atomic mass is 16.5. The van der Waals surface area contributed by atoms with Crippen molar-refractivity contribution in [1.82, 2.24) is 5.01 Å². The van der Waals surface area contributed by atoms with Gasteiger partial charge in [0, 0.05) is 5.92 Å². The first-order chi connectivity index (χ1) is 25.2. The maximum Gasteiger partial charge on any atom is 0.260 e. The molecule has 0 radical (unpaired) electrons. The highest BCUT2D eigenvalue weighted by Crippen LogP contribution is 2.64. The van der Waals surface area contributed by atoms with Crippen LogP contribution in [0.1, 0.15) is 47.9 Å². The van der Waals surface area contributed by atoms with Crippen molar-refractivity contribution in [2.24, 2.45) is 23.7 Å². The van der Waals surface area contributed by atoms with Gasteiger partial charge in [0.25, 0.3) is 11.8 Å². The van der Waals surface area contributed by atoms with E-state index < -0.39 is 46.8 Å². The van der Waals surface area contributed by atoms with Gasteiger partial charge in [0.2, 0.25) is 11.8 Å². The SMILES string of the molecule is C=Cc1ccc(N2C(=O)C3CC=C4C(CC5C(=O)N(Nc6ccc(C)cc6)C(=O)C5(c5ccccc5)C4c4ccc(O)c(OCC)c4)C3C2=O)cc1. The smallest absolute Gasteiger partial charge is 0.260 e. The first-order valence-electron chi connectivity index (χ1n) is 17.7. The molecule has 9 heteroatoms. The fourth-order valence-corrected chi connectivity index (χ4v) is 9.12. The minimum Gasteiger partial charge on any atom is -0.504 e. The Morgan fingerprint density at radius 3 is 2.33 bits per heavy atom. The van der Waals surface area contributed by atoms with Crippen molar-refractivity contribution in [3.05, 3.63) is 138 Å². The molecule has 2 aliphatic heterocycles. The maximum absolute atomic E-state index is 15.3. The molecule has 0 spiro atoms. The standard InChI is InChI=1S/C43H39N3O6/c1-4-26-13-18-30(19-14-26)45-39(48)32-21-20-31-33(37(32)41(45)50)24-34-40(49)46(44-29-16-11-25(3)12-17-29)42(51)43(34,28-9-7-6-8-10-28)38(31)27-15-22-35(47)36(23-27)52-5-2/h4,6-20,22-23,32-34,37-38,44,47H,1,5,21,24H2,2-3H3. The minimum absolute atomic E-state index is 0.0490. The van der Waals surface area contributed by atoms with Crippen LogP contribution in [0.15, 0.2) is 115 Å². The fraction of sp³-hybridized carbons (Fsp3) is 0.256. The van der Waals surface area contributed by atoms with Crippen molar-refractivity contribution in [3.8, 4) is 11.5 Å². The minimum atomic E-state index is -1.42. The Morgan fingerprint density at radius 1 is 0.904 bits per heavy atom. The number of fused-ring (bicyclic) bond motifs is 4. The van der Waals surface area contributed by atoms with Crippen molar-refractivity contribution in [2.75, 3.05) is 16.9 Å². The van der Waals surface area contributed by atoms with E-state index in [1.54, 1.807) is 36.4 Å². The molecule has 262 valence electrons. The Hall–Kier alpha value is -5.96. The summed E-state index contributed by atoms with van der Waals surface area (Å²) in [6, 6.07) is 29.0. The third-order valence-corrected chi connectivity index (χ3v) is 11.4. The average Bonchev–Trinajstić information content (AvgIpc) is 3.54. The zero-order valence-corrected chi connectivity index (χ0v) is 29.0. The molecule has 3 fully saturated rings. The number of benzene rings is 4. The van der Waals surface area contributed by atoms with E-state index in [0.29, 0.717) is 35.5 Å². The van der Waals surface area contributed by atoms with E-state index in [0.717, 1.165) is 21.7 Å². The summed E-state index contributed by atoms with van der Waals surface area (Å²) in [6.07, 6.45) is 4.21. The second-order valence-electron chi connectivity index (χ2n) is 14.1. The predicted octanol–water partition coefficient (Wildman–Crippen LogP) is 6.93. The van der Waals surface area contributed by atoms with Gasteiger partial charge in [0.05, 0.1) is 41.2 Å². The van der Waals surface area contributed by atoms with Gasteiger partial charge < -0.3 is 9.84 Å². The monoisotopic (exact) mass is 693 g/mol. The molecule has 4 amide bonds. The Morgan fingerprint density at radius 2 is 1.63 bits per heavy atom. The highest BCUT2D eigenvalue weighted by Gasteiger charge is 2.70. The number of hydrogen-bond acceptors (Lipinski definition) is 7. The summed E-state index contributed by atoms with van der Waals surface area (Å²) >= 11 is 0. The zero-order valence-electron chi connectivity index (χ0n) is 29.0. The number of hydrazine groups is 1. The lowest BCUT2D eigenvalue weighted by Gasteiger charge is -2.50. The lowest BCUT2D eigenvalue weighted by Crippen LogP contribution is -2.53. The Bertz CT molecular complexity index is 2140. The number of phenolic OH excluding ortho intramolecular Hbond substituents is 1. The van der Waals surface area contributed by atoms with Crippen LogP contribution in [0, 0.1) is 30.6 Å².